The van der Waals surface area contributed by atoms with E-state index in [-0.39, 0.29) is 12.8 Å². The summed E-state index contributed by atoms with van der Waals surface area (Å²) in [5.41, 5.74) is -4.98. The molecule has 0 aromatic heterocycles. The van der Waals surface area contributed by atoms with E-state index in [9.17, 15) is 20.4 Å². The Balaban J connectivity index is 4.73. The van der Waals surface area contributed by atoms with Gasteiger partial charge in [0.05, 0.1) is 0 Å². The molecule has 0 spiro atoms. The number of aliphatic hydroxyl groups is 4. The fourth-order valence-corrected chi connectivity index (χ4v) is 1.19. The molecule has 0 saturated carbocycles. The molecule has 4 nitrogen and oxygen atoms in total. The minimum Gasteiger partial charge on any atom is -0.378 e. The van der Waals surface area contributed by atoms with E-state index in [1.54, 1.807) is 0 Å². The Kier molecular flexibility index (Phi) is 5.84. The maximum atomic E-state index is 10.1. The minimum atomic E-state index is -1.32. The first-order valence-electron chi connectivity index (χ1n) is 6.60. The van der Waals surface area contributed by atoms with Gasteiger partial charge < -0.3 is 20.4 Å². The summed E-state index contributed by atoms with van der Waals surface area (Å²) in [7, 11) is 0. The highest BCUT2D eigenvalue weighted by Gasteiger charge is 2.25. The zero-order valence-corrected chi connectivity index (χ0v) is 13.2. The largest absolute Gasteiger partial charge is 0.378 e. The van der Waals surface area contributed by atoms with Crippen LogP contribution in [0.4, 0.5) is 0 Å². The van der Waals surface area contributed by atoms with E-state index in [1.807, 2.05) is 0 Å². The summed E-state index contributed by atoms with van der Waals surface area (Å²) in [6.45, 7) is 9.15. The van der Waals surface area contributed by atoms with Crippen molar-refractivity contribution < 1.29 is 20.4 Å². The Morgan fingerprint density at radius 2 is 0.800 bits per heavy atom. The SMILES string of the molecule is CC(C)(O)C#CC(C)(O)CCC(C)(O)C#CC(C)(C)O. The van der Waals surface area contributed by atoms with Crippen molar-refractivity contribution in [1.29, 1.82) is 0 Å². The molecule has 114 valence electrons. The Bertz CT molecular complexity index is 395. The summed E-state index contributed by atoms with van der Waals surface area (Å²) >= 11 is 0. The third-order valence-corrected chi connectivity index (χ3v) is 2.37. The molecule has 0 aromatic carbocycles. The van der Waals surface area contributed by atoms with Crippen LogP contribution in [0.25, 0.3) is 0 Å². The van der Waals surface area contributed by atoms with Gasteiger partial charge in [-0.25, -0.2) is 0 Å². The van der Waals surface area contributed by atoms with Gasteiger partial charge in [0, 0.05) is 0 Å². The van der Waals surface area contributed by atoms with E-state index in [4.69, 9.17) is 0 Å². The molecule has 0 bridgehead atoms. The molecule has 4 N–H and O–H groups in total. The second-order valence-corrected chi connectivity index (χ2v) is 6.67. The highest BCUT2D eigenvalue weighted by Crippen LogP contribution is 2.19. The number of hydrogen-bond acceptors (Lipinski definition) is 4. The molecule has 0 amide bonds. The van der Waals surface area contributed by atoms with Crippen LogP contribution < -0.4 is 0 Å². The van der Waals surface area contributed by atoms with Crippen LogP contribution in [-0.4, -0.2) is 42.8 Å². The second-order valence-electron chi connectivity index (χ2n) is 6.67. The highest BCUT2D eigenvalue weighted by molar-refractivity contribution is 5.21. The third-order valence-electron chi connectivity index (χ3n) is 2.37. The fraction of sp³-hybridized carbons (Fsp3) is 0.750. The van der Waals surface area contributed by atoms with Gasteiger partial charge in [-0.2, -0.15) is 0 Å². The summed E-state index contributed by atoms with van der Waals surface area (Å²) in [5.74, 6) is 10.3. The normalized spacial score (nSPS) is 17.9. The van der Waals surface area contributed by atoms with E-state index in [0.29, 0.717) is 0 Å². The van der Waals surface area contributed by atoms with E-state index in [2.05, 4.69) is 23.7 Å². The van der Waals surface area contributed by atoms with E-state index in [1.165, 1.54) is 41.5 Å². The minimum absolute atomic E-state index is 0.198. The molecule has 0 aliphatic heterocycles. The van der Waals surface area contributed by atoms with Crippen molar-refractivity contribution in [3.63, 3.8) is 0 Å². The van der Waals surface area contributed by atoms with Gasteiger partial charge in [0.1, 0.15) is 22.4 Å². The summed E-state index contributed by atoms with van der Waals surface area (Å²) in [5, 5.41) is 39.1. The lowest BCUT2D eigenvalue weighted by Crippen LogP contribution is -2.30. The van der Waals surface area contributed by atoms with Crippen LogP contribution in [0.2, 0.25) is 0 Å². The molecule has 2 atom stereocenters. The molecular formula is C16H26O4. The molecular weight excluding hydrogens is 256 g/mol. The van der Waals surface area contributed by atoms with Crippen molar-refractivity contribution in [3.8, 4) is 23.7 Å². The maximum Gasteiger partial charge on any atom is 0.123 e. The molecule has 0 radical (unpaired) electrons. The first kappa shape index (κ1) is 19.0. The van der Waals surface area contributed by atoms with Crippen molar-refractivity contribution in [3.05, 3.63) is 0 Å². The van der Waals surface area contributed by atoms with Gasteiger partial charge in [-0.05, 0) is 54.4 Å². The van der Waals surface area contributed by atoms with Crippen LogP contribution in [0.15, 0.2) is 0 Å². The fourth-order valence-electron chi connectivity index (χ4n) is 1.19. The zero-order chi connectivity index (χ0) is 16.2. The molecule has 2 unspecified atom stereocenters. The Hall–Kier alpha value is -1.04. The monoisotopic (exact) mass is 282 g/mol. The molecule has 0 saturated heterocycles. The van der Waals surface area contributed by atoms with Gasteiger partial charge in [-0.3, -0.25) is 0 Å². The second kappa shape index (κ2) is 6.16. The van der Waals surface area contributed by atoms with Gasteiger partial charge in [0.15, 0.2) is 0 Å². The Morgan fingerprint density at radius 3 is 1.00 bits per heavy atom. The van der Waals surface area contributed by atoms with Crippen molar-refractivity contribution in [2.24, 2.45) is 0 Å². The van der Waals surface area contributed by atoms with Crippen LogP contribution in [0.3, 0.4) is 0 Å². The summed E-state index contributed by atoms with van der Waals surface area (Å²) < 4.78 is 0. The van der Waals surface area contributed by atoms with Crippen LogP contribution >= 0.6 is 0 Å². The van der Waals surface area contributed by atoms with E-state index in [0.717, 1.165) is 0 Å². The third kappa shape index (κ3) is 10.8. The molecule has 4 heteroatoms. The lowest BCUT2D eigenvalue weighted by atomic mass is 9.91. The number of hydrogen-bond donors (Lipinski definition) is 4. The van der Waals surface area contributed by atoms with Crippen molar-refractivity contribution >= 4 is 0 Å². The lowest BCUT2D eigenvalue weighted by Gasteiger charge is -2.23. The maximum absolute atomic E-state index is 10.1. The highest BCUT2D eigenvalue weighted by atomic mass is 16.3. The van der Waals surface area contributed by atoms with Crippen LogP contribution in [0, 0.1) is 23.7 Å². The molecule has 0 aliphatic carbocycles. The summed E-state index contributed by atoms with van der Waals surface area (Å²) in [6, 6.07) is 0. The van der Waals surface area contributed by atoms with Crippen molar-refractivity contribution in [2.75, 3.05) is 0 Å². The topological polar surface area (TPSA) is 80.9 Å². The lowest BCUT2D eigenvalue weighted by molar-refractivity contribution is 0.0568. The Morgan fingerprint density at radius 1 is 0.550 bits per heavy atom. The molecule has 0 rings (SSSR count). The van der Waals surface area contributed by atoms with Crippen molar-refractivity contribution in [2.45, 2.75) is 76.8 Å². The molecule has 0 heterocycles. The molecule has 20 heavy (non-hydrogen) atoms. The average Bonchev–Trinajstić information content (AvgIpc) is 2.20. The van der Waals surface area contributed by atoms with Crippen molar-refractivity contribution in [1.82, 2.24) is 0 Å². The molecule has 0 aromatic rings. The summed E-state index contributed by atoms with van der Waals surface area (Å²) in [6.07, 6.45) is 0.396. The zero-order valence-electron chi connectivity index (χ0n) is 13.2. The van der Waals surface area contributed by atoms with Gasteiger partial charge >= 0.3 is 0 Å². The first-order valence-corrected chi connectivity index (χ1v) is 6.60. The quantitative estimate of drug-likeness (QED) is 0.578. The summed E-state index contributed by atoms with van der Waals surface area (Å²) in [4.78, 5) is 0. The van der Waals surface area contributed by atoms with Gasteiger partial charge in [0.2, 0.25) is 0 Å². The smallest absolute Gasteiger partial charge is 0.123 e. The molecule has 0 aliphatic rings. The van der Waals surface area contributed by atoms with Gasteiger partial charge in [0.25, 0.3) is 0 Å². The van der Waals surface area contributed by atoms with E-state index >= 15 is 0 Å². The Labute approximate surface area is 121 Å². The van der Waals surface area contributed by atoms with Crippen LogP contribution in [0.5, 0.6) is 0 Å². The van der Waals surface area contributed by atoms with Gasteiger partial charge in [-0.15, -0.1) is 0 Å². The number of rotatable bonds is 3. The van der Waals surface area contributed by atoms with E-state index < -0.39 is 22.4 Å². The van der Waals surface area contributed by atoms with Crippen LogP contribution in [0.1, 0.15) is 54.4 Å². The van der Waals surface area contributed by atoms with Gasteiger partial charge in [-0.1, -0.05) is 23.7 Å². The average molecular weight is 282 g/mol. The first-order chi connectivity index (χ1) is 8.62. The molecule has 0 fully saturated rings. The predicted octanol–water partition coefficient (Wildman–Crippen LogP) is 0.817. The standard InChI is InChI=1S/C16H26O4/c1-13(2,17)7-9-15(5,19)11-12-16(6,20)10-8-14(3,4)18/h17-20H,11-12H2,1-6H3. The van der Waals surface area contributed by atoms with Crippen LogP contribution in [-0.2, 0) is 0 Å². The predicted molar refractivity (Wildman–Crippen MR) is 78.6 cm³/mol.